The molecule has 0 spiro atoms. The number of rotatable bonds is 6. The summed E-state index contributed by atoms with van der Waals surface area (Å²) in [5.74, 6) is 0.809. The zero-order chi connectivity index (χ0) is 15.3. The van der Waals surface area contributed by atoms with Gasteiger partial charge >= 0.3 is 0 Å². The van der Waals surface area contributed by atoms with Gasteiger partial charge in [-0.3, -0.25) is 0 Å². The lowest BCUT2D eigenvalue weighted by Gasteiger charge is -2.35. The van der Waals surface area contributed by atoms with E-state index in [-0.39, 0.29) is 5.75 Å². The van der Waals surface area contributed by atoms with Gasteiger partial charge in [0.15, 0.2) is 9.84 Å². The van der Waals surface area contributed by atoms with Crippen LogP contribution < -0.4 is 10.2 Å². The maximum absolute atomic E-state index is 12.5. The summed E-state index contributed by atoms with van der Waals surface area (Å²) < 4.78 is 24.9. The summed E-state index contributed by atoms with van der Waals surface area (Å²) in [5, 5.41) is 3.23. The maximum atomic E-state index is 12.5. The van der Waals surface area contributed by atoms with Gasteiger partial charge in [0, 0.05) is 13.1 Å². The number of hydrogen-bond donors (Lipinski definition) is 1. The summed E-state index contributed by atoms with van der Waals surface area (Å²) in [6.07, 6.45) is 2.98. The Bertz CT molecular complexity index is 555. The van der Waals surface area contributed by atoms with Crippen molar-refractivity contribution < 1.29 is 8.42 Å². The average molecular weight is 310 g/mol. The molecule has 1 aromatic rings. The summed E-state index contributed by atoms with van der Waals surface area (Å²) in [7, 11) is -1.21. The number of hydrogen-bond acceptors (Lipinski definition) is 4. The Labute approximate surface area is 128 Å². The second-order valence-electron chi connectivity index (χ2n) is 5.80. The molecule has 1 unspecified atom stereocenters. The third kappa shape index (κ3) is 3.98. The van der Waals surface area contributed by atoms with Gasteiger partial charge in [-0.2, -0.15) is 0 Å². The van der Waals surface area contributed by atoms with Crippen molar-refractivity contribution >= 4 is 15.5 Å². The topological polar surface area (TPSA) is 49.4 Å². The van der Waals surface area contributed by atoms with Gasteiger partial charge in [0.2, 0.25) is 0 Å². The van der Waals surface area contributed by atoms with Gasteiger partial charge < -0.3 is 10.2 Å². The molecule has 0 saturated carbocycles. The fourth-order valence-electron chi connectivity index (χ4n) is 3.10. The van der Waals surface area contributed by atoms with Gasteiger partial charge in [-0.15, -0.1) is 0 Å². The zero-order valence-corrected chi connectivity index (χ0v) is 13.8. The minimum absolute atomic E-state index is 0.220. The van der Waals surface area contributed by atoms with Gasteiger partial charge in [0.1, 0.15) is 0 Å². The van der Waals surface area contributed by atoms with Gasteiger partial charge in [-0.1, -0.05) is 19.1 Å². The molecule has 1 aliphatic heterocycles. The molecule has 1 heterocycles. The number of benzene rings is 1. The summed E-state index contributed by atoms with van der Waals surface area (Å²) in [5.41, 5.74) is 0.881. The molecule has 1 aromatic carbocycles. The Morgan fingerprint density at radius 1 is 1.33 bits per heavy atom. The highest BCUT2D eigenvalue weighted by Gasteiger charge is 2.25. The standard InChI is InChI=1S/C16H26N2O2S/c1-3-11-21(19,20)16-9-5-4-8-15(16)18-10-6-7-14(13-18)12-17-2/h4-5,8-9,14,17H,3,6-7,10-13H2,1-2H3. The Kier molecular flexibility index (Phi) is 5.65. The van der Waals surface area contributed by atoms with Crippen molar-refractivity contribution in [3.05, 3.63) is 24.3 Å². The van der Waals surface area contributed by atoms with Crippen molar-refractivity contribution in [2.75, 3.05) is 37.3 Å². The lowest BCUT2D eigenvalue weighted by atomic mass is 9.97. The van der Waals surface area contributed by atoms with Gasteiger partial charge in [0.05, 0.1) is 16.3 Å². The predicted molar refractivity (Wildman–Crippen MR) is 87.6 cm³/mol. The van der Waals surface area contributed by atoms with Crippen molar-refractivity contribution in [3.8, 4) is 0 Å². The fourth-order valence-corrected chi connectivity index (χ4v) is 4.66. The highest BCUT2D eigenvalue weighted by molar-refractivity contribution is 7.91. The van der Waals surface area contributed by atoms with Gasteiger partial charge in [-0.25, -0.2) is 8.42 Å². The van der Waals surface area contributed by atoms with Gasteiger partial charge in [-0.05, 0) is 50.9 Å². The SMILES string of the molecule is CCCS(=O)(=O)c1ccccc1N1CCCC(CNC)C1. The van der Waals surface area contributed by atoms with Crippen LogP contribution >= 0.6 is 0 Å². The minimum atomic E-state index is -3.18. The number of para-hydroxylation sites is 1. The first kappa shape index (κ1) is 16.3. The molecule has 0 bridgehead atoms. The third-order valence-electron chi connectivity index (χ3n) is 4.03. The molecule has 0 radical (unpaired) electrons. The summed E-state index contributed by atoms with van der Waals surface area (Å²) >= 11 is 0. The number of nitrogens with zero attached hydrogens (tertiary/aromatic N) is 1. The van der Waals surface area contributed by atoms with Crippen LogP contribution in [0.1, 0.15) is 26.2 Å². The van der Waals surface area contributed by atoms with E-state index in [0.717, 1.165) is 31.7 Å². The minimum Gasteiger partial charge on any atom is -0.370 e. The second-order valence-corrected chi connectivity index (χ2v) is 7.88. The Hall–Kier alpha value is -1.07. The van der Waals surface area contributed by atoms with E-state index in [4.69, 9.17) is 0 Å². The van der Waals surface area contributed by atoms with Crippen molar-refractivity contribution in [1.82, 2.24) is 5.32 Å². The van der Waals surface area contributed by atoms with E-state index in [9.17, 15) is 8.42 Å². The highest BCUT2D eigenvalue weighted by Crippen LogP contribution is 2.30. The van der Waals surface area contributed by atoms with Crippen LogP contribution in [0, 0.1) is 5.92 Å². The first-order valence-electron chi connectivity index (χ1n) is 7.79. The van der Waals surface area contributed by atoms with E-state index >= 15 is 0 Å². The van der Waals surface area contributed by atoms with E-state index in [1.807, 2.05) is 32.2 Å². The normalized spacial score (nSPS) is 19.7. The van der Waals surface area contributed by atoms with Crippen LogP contribution in [-0.4, -0.2) is 40.9 Å². The molecule has 118 valence electrons. The second kappa shape index (κ2) is 7.27. The summed E-state index contributed by atoms with van der Waals surface area (Å²) in [6, 6.07) is 7.45. The van der Waals surface area contributed by atoms with Crippen LogP contribution in [0.25, 0.3) is 0 Å². The lowest BCUT2D eigenvalue weighted by Crippen LogP contribution is -2.39. The average Bonchev–Trinajstić information content (AvgIpc) is 2.48. The quantitative estimate of drug-likeness (QED) is 0.876. The highest BCUT2D eigenvalue weighted by atomic mass is 32.2. The Balaban J connectivity index is 2.27. The zero-order valence-electron chi connectivity index (χ0n) is 13.0. The molecule has 5 heteroatoms. The van der Waals surface area contributed by atoms with Crippen LogP contribution in [-0.2, 0) is 9.84 Å². The number of piperidine rings is 1. The predicted octanol–water partition coefficient (Wildman–Crippen LogP) is 2.31. The molecule has 0 aliphatic carbocycles. The smallest absolute Gasteiger partial charge is 0.180 e. The molecule has 1 saturated heterocycles. The summed E-state index contributed by atoms with van der Waals surface area (Å²) in [4.78, 5) is 2.74. The van der Waals surface area contributed by atoms with E-state index in [1.165, 1.54) is 6.42 Å². The fraction of sp³-hybridized carbons (Fsp3) is 0.625. The van der Waals surface area contributed by atoms with Crippen LogP contribution in [0.15, 0.2) is 29.2 Å². The van der Waals surface area contributed by atoms with E-state index in [0.29, 0.717) is 17.2 Å². The van der Waals surface area contributed by atoms with Crippen LogP contribution in [0.2, 0.25) is 0 Å². The molecule has 2 rings (SSSR count). The van der Waals surface area contributed by atoms with Crippen LogP contribution in [0.4, 0.5) is 5.69 Å². The molecular formula is C16H26N2O2S. The first-order chi connectivity index (χ1) is 10.1. The van der Waals surface area contributed by atoms with Crippen molar-refractivity contribution in [3.63, 3.8) is 0 Å². The molecule has 0 amide bonds. The maximum Gasteiger partial charge on any atom is 0.180 e. The van der Waals surface area contributed by atoms with Crippen molar-refractivity contribution in [2.45, 2.75) is 31.1 Å². The monoisotopic (exact) mass is 310 g/mol. The van der Waals surface area contributed by atoms with E-state index in [1.54, 1.807) is 6.07 Å². The molecular weight excluding hydrogens is 284 g/mol. The number of nitrogens with one attached hydrogen (secondary N) is 1. The third-order valence-corrected chi connectivity index (χ3v) is 5.99. The lowest BCUT2D eigenvalue weighted by molar-refractivity contribution is 0.401. The molecule has 4 nitrogen and oxygen atoms in total. The molecule has 1 atom stereocenters. The largest absolute Gasteiger partial charge is 0.370 e. The molecule has 21 heavy (non-hydrogen) atoms. The van der Waals surface area contributed by atoms with E-state index < -0.39 is 9.84 Å². The Morgan fingerprint density at radius 2 is 2.10 bits per heavy atom. The molecule has 1 N–H and O–H groups in total. The van der Waals surface area contributed by atoms with Crippen molar-refractivity contribution in [1.29, 1.82) is 0 Å². The molecule has 1 aliphatic rings. The van der Waals surface area contributed by atoms with Crippen LogP contribution in [0.5, 0.6) is 0 Å². The van der Waals surface area contributed by atoms with Gasteiger partial charge in [0.25, 0.3) is 0 Å². The summed E-state index contributed by atoms with van der Waals surface area (Å²) in [6.45, 7) is 4.77. The van der Waals surface area contributed by atoms with Crippen LogP contribution in [0.3, 0.4) is 0 Å². The first-order valence-corrected chi connectivity index (χ1v) is 9.45. The number of anilines is 1. The van der Waals surface area contributed by atoms with Crippen molar-refractivity contribution in [2.24, 2.45) is 5.92 Å². The Morgan fingerprint density at radius 3 is 2.81 bits per heavy atom. The molecule has 1 fully saturated rings. The molecule has 0 aromatic heterocycles. The van der Waals surface area contributed by atoms with E-state index in [2.05, 4.69) is 10.2 Å². The number of sulfone groups is 1.